The Morgan fingerprint density at radius 1 is 1.32 bits per heavy atom. The molecule has 6 nitrogen and oxygen atoms in total. The number of carbonyl (C=O) groups is 1. The van der Waals surface area contributed by atoms with Crippen LogP contribution in [0.25, 0.3) is 0 Å². The molecule has 10 heteroatoms. The molecule has 0 heterocycles. The minimum absolute atomic E-state index is 0. The lowest BCUT2D eigenvalue weighted by molar-refractivity contribution is -0.117. The molecule has 0 aliphatic heterocycles. The number of hydrogen-bond acceptors (Lipinski definition) is 5. The number of anilines is 2. The van der Waals surface area contributed by atoms with E-state index in [0.717, 1.165) is 12.1 Å². The van der Waals surface area contributed by atoms with Crippen LogP contribution in [0.4, 0.5) is 20.2 Å². The monoisotopic (exact) mass is 357 g/mol. The standard InChI is InChI=1S/C12H17F2N3O3S.ClH/c1-3-16-9-5-4-8(21(19,20)12(13)14)6-10(9)17-11(18)7(2)15;/h4-7,12,16H,3,15H2,1-2H3,(H,17,18);1H/t7-;/m0./s1. The highest BCUT2D eigenvalue weighted by atomic mass is 35.5. The van der Waals surface area contributed by atoms with Gasteiger partial charge >= 0.3 is 5.76 Å². The fourth-order valence-corrected chi connectivity index (χ4v) is 2.24. The number of carbonyl (C=O) groups excluding carboxylic acids is 1. The van der Waals surface area contributed by atoms with E-state index in [0.29, 0.717) is 12.2 Å². The molecule has 0 aromatic heterocycles. The molecule has 22 heavy (non-hydrogen) atoms. The van der Waals surface area contributed by atoms with E-state index in [-0.39, 0.29) is 18.1 Å². The van der Waals surface area contributed by atoms with Gasteiger partial charge in [-0.2, -0.15) is 8.78 Å². The maximum Gasteiger partial charge on any atom is 0.341 e. The maximum absolute atomic E-state index is 12.6. The highest BCUT2D eigenvalue weighted by Crippen LogP contribution is 2.28. The third-order valence-corrected chi connectivity index (χ3v) is 3.97. The third-order valence-electron chi connectivity index (χ3n) is 2.59. The summed E-state index contributed by atoms with van der Waals surface area (Å²) < 4.78 is 48.0. The highest BCUT2D eigenvalue weighted by Gasteiger charge is 2.27. The molecule has 0 saturated carbocycles. The summed E-state index contributed by atoms with van der Waals surface area (Å²) in [6.45, 7) is 3.74. The van der Waals surface area contributed by atoms with E-state index in [9.17, 15) is 22.0 Å². The Balaban J connectivity index is 0.00000441. The second-order valence-corrected chi connectivity index (χ2v) is 6.24. The molecule has 0 spiro atoms. The molecule has 126 valence electrons. The minimum Gasteiger partial charge on any atom is -0.384 e. The van der Waals surface area contributed by atoms with Gasteiger partial charge in [-0.15, -0.1) is 12.4 Å². The number of alkyl halides is 2. The van der Waals surface area contributed by atoms with E-state index in [4.69, 9.17) is 5.73 Å². The Labute approximate surface area is 133 Å². The Morgan fingerprint density at radius 2 is 1.91 bits per heavy atom. The van der Waals surface area contributed by atoms with Gasteiger partial charge < -0.3 is 16.4 Å². The van der Waals surface area contributed by atoms with Crippen molar-refractivity contribution in [1.29, 1.82) is 0 Å². The van der Waals surface area contributed by atoms with Gasteiger partial charge in [0, 0.05) is 6.54 Å². The van der Waals surface area contributed by atoms with E-state index < -0.39 is 32.4 Å². The molecule has 0 unspecified atom stereocenters. The van der Waals surface area contributed by atoms with Crippen LogP contribution >= 0.6 is 12.4 Å². The van der Waals surface area contributed by atoms with Crippen LogP contribution in [-0.4, -0.2) is 32.7 Å². The van der Waals surface area contributed by atoms with Crippen molar-refractivity contribution in [1.82, 2.24) is 0 Å². The van der Waals surface area contributed by atoms with Crippen LogP contribution < -0.4 is 16.4 Å². The van der Waals surface area contributed by atoms with Crippen LogP contribution in [0.2, 0.25) is 0 Å². The Bertz CT molecular complexity index is 624. The maximum atomic E-state index is 12.6. The van der Waals surface area contributed by atoms with E-state index >= 15 is 0 Å². The smallest absolute Gasteiger partial charge is 0.341 e. The van der Waals surface area contributed by atoms with Crippen LogP contribution in [0, 0.1) is 0 Å². The van der Waals surface area contributed by atoms with Crippen molar-refractivity contribution >= 4 is 39.5 Å². The average Bonchev–Trinajstić information content (AvgIpc) is 2.40. The van der Waals surface area contributed by atoms with Crippen LogP contribution in [0.3, 0.4) is 0 Å². The first kappa shape index (κ1) is 20.6. The fraction of sp³-hybridized carbons (Fsp3) is 0.417. The zero-order valence-electron chi connectivity index (χ0n) is 12.0. The summed E-state index contributed by atoms with van der Waals surface area (Å²) in [5.41, 5.74) is 5.91. The second-order valence-electron chi connectivity index (χ2n) is 4.32. The fourth-order valence-electron chi connectivity index (χ4n) is 1.50. The Kier molecular flexibility index (Phi) is 7.71. The molecule has 0 radical (unpaired) electrons. The predicted octanol–water partition coefficient (Wildman–Crippen LogP) is 1.82. The summed E-state index contributed by atoms with van der Waals surface area (Å²) in [4.78, 5) is 11.0. The van der Waals surface area contributed by atoms with E-state index in [1.165, 1.54) is 13.0 Å². The molecule has 1 atom stereocenters. The lowest BCUT2D eigenvalue weighted by atomic mass is 10.2. The third kappa shape index (κ3) is 4.79. The number of sulfone groups is 1. The molecule has 0 aliphatic carbocycles. The Hall–Kier alpha value is -1.45. The van der Waals surface area contributed by atoms with Crippen molar-refractivity contribution in [3.63, 3.8) is 0 Å². The summed E-state index contributed by atoms with van der Waals surface area (Å²) in [5, 5.41) is 5.30. The lowest BCUT2D eigenvalue weighted by Crippen LogP contribution is -2.32. The zero-order chi connectivity index (χ0) is 16.2. The van der Waals surface area contributed by atoms with Gasteiger partial charge in [0.25, 0.3) is 0 Å². The first-order chi connectivity index (χ1) is 9.70. The number of hydrogen-bond donors (Lipinski definition) is 3. The average molecular weight is 358 g/mol. The van der Waals surface area contributed by atoms with E-state index in [1.54, 1.807) is 6.92 Å². The van der Waals surface area contributed by atoms with Crippen LogP contribution in [0.1, 0.15) is 13.8 Å². The molecule has 0 saturated heterocycles. The van der Waals surface area contributed by atoms with Crippen LogP contribution in [0.15, 0.2) is 23.1 Å². The van der Waals surface area contributed by atoms with Crippen LogP contribution in [0.5, 0.6) is 0 Å². The molecule has 1 amide bonds. The number of rotatable bonds is 6. The van der Waals surface area contributed by atoms with Crippen LogP contribution in [-0.2, 0) is 14.6 Å². The topological polar surface area (TPSA) is 101 Å². The first-order valence-corrected chi connectivity index (χ1v) is 7.71. The van der Waals surface area contributed by atoms with Gasteiger partial charge in [0.15, 0.2) is 0 Å². The molecule has 1 rings (SSSR count). The molecule has 0 bridgehead atoms. The quantitative estimate of drug-likeness (QED) is 0.721. The second kappa shape index (κ2) is 8.25. The van der Waals surface area contributed by atoms with E-state index in [1.807, 2.05) is 0 Å². The van der Waals surface area contributed by atoms with Gasteiger partial charge in [0.2, 0.25) is 15.7 Å². The summed E-state index contributed by atoms with van der Waals surface area (Å²) in [7, 11) is -4.73. The molecular formula is C12H18ClF2N3O3S. The number of nitrogens with two attached hydrogens (primary N) is 1. The lowest BCUT2D eigenvalue weighted by Gasteiger charge is -2.15. The number of benzene rings is 1. The van der Waals surface area contributed by atoms with Gasteiger partial charge in [0.05, 0.1) is 22.3 Å². The highest BCUT2D eigenvalue weighted by molar-refractivity contribution is 7.91. The number of nitrogens with one attached hydrogen (secondary N) is 2. The largest absolute Gasteiger partial charge is 0.384 e. The van der Waals surface area contributed by atoms with Crippen molar-refractivity contribution in [2.24, 2.45) is 5.73 Å². The van der Waals surface area contributed by atoms with Crippen molar-refractivity contribution in [2.45, 2.75) is 30.5 Å². The van der Waals surface area contributed by atoms with Gasteiger partial charge in [-0.05, 0) is 32.0 Å². The van der Waals surface area contributed by atoms with Gasteiger partial charge in [-0.3, -0.25) is 4.79 Å². The van der Waals surface area contributed by atoms with E-state index in [2.05, 4.69) is 10.6 Å². The molecule has 0 aliphatic rings. The summed E-state index contributed by atoms with van der Waals surface area (Å²) in [6.07, 6.45) is 0. The Morgan fingerprint density at radius 3 is 2.36 bits per heavy atom. The van der Waals surface area contributed by atoms with Crippen molar-refractivity contribution in [2.75, 3.05) is 17.2 Å². The van der Waals surface area contributed by atoms with Crippen molar-refractivity contribution < 1.29 is 22.0 Å². The minimum atomic E-state index is -4.73. The predicted molar refractivity (Wildman–Crippen MR) is 83.3 cm³/mol. The summed E-state index contributed by atoms with van der Waals surface area (Å²) >= 11 is 0. The summed E-state index contributed by atoms with van der Waals surface area (Å²) in [5.74, 6) is -4.08. The van der Waals surface area contributed by atoms with Gasteiger partial charge in [0.1, 0.15) is 0 Å². The normalized spacial score (nSPS) is 12.5. The molecular weight excluding hydrogens is 340 g/mol. The van der Waals surface area contributed by atoms with Crippen molar-refractivity contribution in [3.05, 3.63) is 18.2 Å². The zero-order valence-corrected chi connectivity index (χ0v) is 13.6. The number of halogens is 3. The summed E-state index contributed by atoms with van der Waals surface area (Å²) in [6, 6.07) is 2.53. The SMILES string of the molecule is CCNc1ccc(S(=O)(=O)C(F)F)cc1NC(=O)[C@H](C)N.Cl. The van der Waals surface area contributed by atoms with Crippen molar-refractivity contribution in [3.8, 4) is 0 Å². The first-order valence-electron chi connectivity index (χ1n) is 6.16. The van der Waals surface area contributed by atoms with Gasteiger partial charge in [-0.25, -0.2) is 8.42 Å². The molecule has 1 aromatic rings. The molecule has 1 aromatic carbocycles. The van der Waals surface area contributed by atoms with Gasteiger partial charge in [-0.1, -0.05) is 0 Å². The molecule has 0 fully saturated rings. The molecule has 4 N–H and O–H groups in total. The number of amides is 1.